The van der Waals surface area contributed by atoms with Crippen molar-refractivity contribution in [2.45, 2.75) is 32.2 Å². The monoisotopic (exact) mass is 244 g/mol. The van der Waals surface area contributed by atoms with Gasteiger partial charge in [-0.25, -0.2) is 0 Å². The van der Waals surface area contributed by atoms with Gasteiger partial charge in [0.05, 0.1) is 0 Å². The van der Waals surface area contributed by atoms with E-state index in [1.54, 1.807) is 0 Å². The van der Waals surface area contributed by atoms with E-state index < -0.39 is 0 Å². The molecule has 0 spiro atoms. The molecule has 0 saturated carbocycles. The van der Waals surface area contributed by atoms with Gasteiger partial charge in [0.2, 0.25) is 0 Å². The van der Waals surface area contributed by atoms with E-state index in [9.17, 15) is 0 Å². The molecule has 13 heavy (non-hydrogen) atoms. The van der Waals surface area contributed by atoms with Gasteiger partial charge in [-0.2, -0.15) is 5.75 Å². The molecule has 0 fully saturated rings. The molecule has 2 nitrogen and oxygen atoms in total. The third kappa shape index (κ3) is 12.1. The zero-order valence-electron chi connectivity index (χ0n) is 8.84. The van der Waals surface area contributed by atoms with Gasteiger partial charge in [-0.1, -0.05) is 12.5 Å². The molecule has 0 rings (SSSR count). The van der Waals surface area contributed by atoms with Gasteiger partial charge in [-0.05, 0) is 13.8 Å². The largest absolute Gasteiger partial charge is 1.00 e. The van der Waals surface area contributed by atoms with Crippen molar-refractivity contribution in [3.8, 4) is 0 Å². The van der Waals surface area contributed by atoms with Crippen molar-refractivity contribution in [3.63, 3.8) is 0 Å². The third-order valence-electron chi connectivity index (χ3n) is 1.27. The molecule has 0 unspecified atom stereocenters. The van der Waals surface area contributed by atoms with E-state index in [0.29, 0.717) is 0 Å². The van der Waals surface area contributed by atoms with Crippen molar-refractivity contribution in [1.29, 1.82) is 0 Å². The summed E-state index contributed by atoms with van der Waals surface area (Å²) in [5, 5.41) is 0. The van der Waals surface area contributed by atoms with Gasteiger partial charge < -0.3 is 22.1 Å². The maximum absolute atomic E-state index is 5.39. The molecule has 0 aliphatic heterocycles. The van der Waals surface area contributed by atoms with Crippen LogP contribution < -0.4 is 51.4 Å². The summed E-state index contributed by atoms with van der Waals surface area (Å²) in [6.45, 7) is 5.43. The maximum atomic E-state index is 5.39. The van der Waals surface area contributed by atoms with E-state index in [4.69, 9.17) is 22.1 Å². The van der Waals surface area contributed by atoms with E-state index in [0.717, 1.165) is 41.0 Å². The fourth-order valence-electron chi connectivity index (χ4n) is 0.761. The van der Waals surface area contributed by atoms with Crippen LogP contribution in [0.15, 0.2) is 0 Å². The van der Waals surface area contributed by atoms with E-state index >= 15 is 0 Å². The Labute approximate surface area is 132 Å². The standard InChI is InChI=1S/C8H18O2SSi.K/c1-3-9-8(10-4-2)12-7-5-6-11;/h8,11H,3-7H2,1-2H3;/q;+1/p-1. The second kappa shape index (κ2) is 14.1. The topological polar surface area (TPSA) is 18.5 Å². The van der Waals surface area contributed by atoms with Gasteiger partial charge >= 0.3 is 51.4 Å². The van der Waals surface area contributed by atoms with Gasteiger partial charge in [0.1, 0.15) is 15.4 Å². The van der Waals surface area contributed by atoms with Crippen LogP contribution in [0.25, 0.3) is 0 Å². The van der Waals surface area contributed by atoms with E-state index in [1.807, 2.05) is 13.8 Å². The molecule has 0 bridgehead atoms. The summed E-state index contributed by atoms with van der Waals surface area (Å²) in [6, 6.07) is 1.13. The number of rotatable bonds is 8. The smallest absolute Gasteiger partial charge is 0.793 e. The summed E-state index contributed by atoms with van der Waals surface area (Å²) in [5.74, 6) is 0.861. The normalized spacial score (nSPS) is 10.2. The van der Waals surface area contributed by atoms with Crippen LogP contribution in [0.4, 0.5) is 0 Å². The zero-order valence-corrected chi connectivity index (χ0v) is 13.8. The van der Waals surface area contributed by atoms with E-state index in [-0.39, 0.29) is 57.3 Å². The maximum Gasteiger partial charge on any atom is 1.00 e. The van der Waals surface area contributed by atoms with Crippen LogP contribution in [0.3, 0.4) is 0 Å². The molecule has 0 saturated heterocycles. The van der Waals surface area contributed by atoms with Crippen molar-refractivity contribution < 1.29 is 60.9 Å². The Morgan fingerprint density at radius 1 is 1.23 bits per heavy atom. The van der Waals surface area contributed by atoms with Crippen molar-refractivity contribution in [2.75, 3.05) is 19.0 Å². The molecule has 2 radical (unpaired) electrons. The fraction of sp³-hybridized carbons (Fsp3) is 1.00. The molecule has 0 aromatic rings. The summed E-state index contributed by atoms with van der Waals surface area (Å²) in [6.07, 6.45) is 1.10. The zero-order chi connectivity index (χ0) is 9.23. The van der Waals surface area contributed by atoms with Crippen molar-refractivity contribution in [2.24, 2.45) is 0 Å². The predicted molar refractivity (Wildman–Crippen MR) is 54.5 cm³/mol. The predicted octanol–water partition coefficient (Wildman–Crippen LogP) is -1.59. The first kappa shape index (κ1) is 17.5. The van der Waals surface area contributed by atoms with Crippen LogP contribution in [-0.2, 0) is 22.1 Å². The molecule has 0 aliphatic rings. The minimum atomic E-state index is 0. The molecule has 72 valence electrons. The van der Waals surface area contributed by atoms with Gasteiger partial charge in [-0.3, -0.25) is 0 Å². The molecular formula is C8H17KO2SSi. The SMILES string of the molecule is CCOC(OCC)[Si]CCC[S-].[K+]. The van der Waals surface area contributed by atoms with Crippen LogP contribution in [0.2, 0.25) is 6.04 Å². The number of ether oxygens (including phenoxy) is 2. The average molecular weight is 244 g/mol. The molecule has 5 heteroatoms. The molecule has 0 aromatic carbocycles. The summed E-state index contributed by atoms with van der Waals surface area (Å²) in [5.41, 5.74) is 0. The molecule has 0 atom stereocenters. The molecule has 0 amide bonds. The Bertz CT molecular complexity index is 92.2. The summed E-state index contributed by atoms with van der Waals surface area (Å²) in [4.78, 5) is 0. The van der Waals surface area contributed by atoms with Crippen molar-refractivity contribution >= 4 is 22.1 Å². The second-order valence-electron chi connectivity index (χ2n) is 2.25. The minimum Gasteiger partial charge on any atom is -0.793 e. The number of hydrogen-bond donors (Lipinski definition) is 0. The molecule has 0 N–H and O–H groups in total. The summed E-state index contributed by atoms with van der Waals surface area (Å²) >= 11 is 4.86. The van der Waals surface area contributed by atoms with E-state index in [2.05, 4.69) is 0 Å². The van der Waals surface area contributed by atoms with Gasteiger partial charge in [-0.15, -0.1) is 0 Å². The Morgan fingerprint density at radius 3 is 2.15 bits per heavy atom. The Morgan fingerprint density at radius 2 is 1.77 bits per heavy atom. The van der Waals surface area contributed by atoms with Gasteiger partial charge in [0.15, 0.2) is 0 Å². The van der Waals surface area contributed by atoms with Crippen LogP contribution in [0.5, 0.6) is 0 Å². The molecular weight excluding hydrogens is 227 g/mol. The van der Waals surface area contributed by atoms with Crippen molar-refractivity contribution in [1.82, 2.24) is 0 Å². The minimum absolute atomic E-state index is 0. The van der Waals surface area contributed by atoms with Crippen LogP contribution in [0, 0.1) is 0 Å². The number of hydrogen-bond acceptors (Lipinski definition) is 3. The fourth-order valence-corrected chi connectivity index (χ4v) is 2.35. The molecule has 0 heterocycles. The van der Waals surface area contributed by atoms with Crippen LogP contribution in [0.1, 0.15) is 20.3 Å². The Kier molecular flexibility index (Phi) is 19.0. The first-order valence-electron chi connectivity index (χ1n) is 4.39. The molecule has 0 aromatic heterocycles. The van der Waals surface area contributed by atoms with Crippen LogP contribution in [-0.4, -0.2) is 34.4 Å². The van der Waals surface area contributed by atoms with Crippen LogP contribution >= 0.6 is 0 Å². The van der Waals surface area contributed by atoms with Gasteiger partial charge in [0.25, 0.3) is 0 Å². The van der Waals surface area contributed by atoms with Gasteiger partial charge in [0, 0.05) is 13.2 Å². The Hall–Kier alpha value is 2.12. The second-order valence-corrected chi connectivity index (χ2v) is 4.04. The summed E-state index contributed by atoms with van der Waals surface area (Å²) < 4.78 is 10.8. The molecule has 0 aliphatic carbocycles. The van der Waals surface area contributed by atoms with Crippen molar-refractivity contribution in [3.05, 3.63) is 0 Å². The third-order valence-corrected chi connectivity index (χ3v) is 2.87. The Balaban J connectivity index is 0. The summed E-state index contributed by atoms with van der Waals surface area (Å²) in [7, 11) is 0.733. The van der Waals surface area contributed by atoms with E-state index in [1.165, 1.54) is 0 Å². The average Bonchev–Trinajstić information content (AvgIpc) is 2.06. The quantitative estimate of drug-likeness (QED) is 0.222. The first-order chi connectivity index (χ1) is 5.85. The first-order valence-corrected chi connectivity index (χ1v) is 6.26.